The van der Waals surface area contributed by atoms with Crippen molar-refractivity contribution in [1.29, 1.82) is 5.26 Å². The third-order valence-corrected chi connectivity index (χ3v) is 3.76. The number of rotatable bonds is 3. The molecule has 1 aliphatic carbocycles. The number of hydrogen-bond acceptors (Lipinski definition) is 3. The highest BCUT2D eigenvalue weighted by molar-refractivity contribution is 4.91. The van der Waals surface area contributed by atoms with Crippen LogP contribution in [-0.4, -0.2) is 25.9 Å². The lowest BCUT2D eigenvalue weighted by molar-refractivity contribution is -0.0360. The van der Waals surface area contributed by atoms with Gasteiger partial charge in [0, 0.05) is 19.8 Å². The first-order valence-electron chi connectivity index (χ1n) is 6.49. The largest absolute Gasteiger partial charge is 0.381 e. The molecule has 0 aromatic rings. The molecule has 90 valence electrons. The molecule has 2 aliphatic rings. The topological polar surface area (TPSA) is 42.2 Å². The van der Waals surface area contributed by atoms with Crippen LogP contribution in [0.5, 0.6) is 0 Å². The fourth-order valence-corrected chi connectivity index (χ4v) is 2.62. The Morgan fingerprint density at radius 3 is 2.62 bits per heavy atom. The first-order valence-corrected chi connectivity index (χ1v) is 6.49. The summed E-state index contributed by atoms with van der Waals surface area (Å²) in [5.41, 5.74) is 0. The van der Waals surface area contributed by atoms with Crippen LogP contribution in [-0.2, 0) is 9.47 Å². The average molecular weight is 223 g/mol. The smallest absolute Gasteiger partial charge is 0.0733 e. The van der Waals surface area contributed by atoms with Crippen molar-refractivity contribution in [2.24, 2.45) is 11.8 Å². The first-order chi connectivity index (χ1) is 7.90. The fraction of sp³-hybridized carbons (Fsp3) is 0.923. The van der Waals surface area contributed by atoms with Gasteiger partial charge in [-0.15, -0.1) is 0 Å². The van der Waals surface area contributed by atoms with E-state index in [0.29, 0.717) is 5.92 Å². The highest BCUT2D eigenvalue weighted by atomic mass is 16.5. The predicted molar refractivity (Wildman–Crippen MR) is 60.9 cm³/mol. The van der Waals surface area contributed by atoms with Crippen molar-refractivity contribution in [2.75, 3.05) is 19.8 Å². The van der Waals surface area contributed by atoms with Gasteiger partial charge < -0.3 is 9.47 Å². The van der Waals surface area contributed by atoms with Gasteiger partial charge in [0.25, 0.3) is 0 Å². The molecule has 0 spiro atoms. The minimum absolute atomic E-state index is 0.133. The molecular formula is C13H21NO2. The van der Waals surface area contributed by atoms with Crippen LogP contribution in [0.2, 0.25) is 0 Å². The Labute approximate surface area is 97.7 Å². The van der Waals surface area contributed by atoms with Crippen LogP contribution in [0.3, 0.4) is 0 Å². The normalized spacial score (nSPS) is 32.2. The Morgan fingerprint density at radius 2 is 1.88 bits per heavy atom. The van der Waals surface area contributed by atoms with E-state index < -0.39 is 0 Å². The van der Waals surface area contributed by atoms with Crippen molar-refractivity contribution >= 4 is 0 Å². The van der Waals surface area contributed by atoms with Crippen LogP contribution in [0.1, 0.15) is 38.5 Å². The van der Waals surface area contributed by atoms with E-state index >= 15 is 0 Å². The summed E-state index contributed by atoms with van der Waals surface area (Å²) in [6, 6.07) is 2.39. The van der Waals surface area contributed by atoms with Gasteiger partial charge in [-0.05, 0) is 31.6 Å². The van der Waals surface area contributed by atoms with Crippen LogP contribution in [0.4, 0.5) is 0 Å². The number of nitrogens with zero attached hydrogens (tertiary/aromatic N) is 1. The number of nitriles is 1. The van der Waals surface area contributed by atoms with Crippen molar-refractivity contribution in [3.63, 3.8) is 0 Å². The highest BCUT2D eigenvalue weighted by Crippen LogP contribution is 2.27. The maximum atomic E-state index is 9.05. The minimum Gasteiger partial charge on any atom is -0.381 e. The average Bonchev–Trinajstić information content (AvgIpc) is 2.38. The maximum Gasteiger partial charge on any atom is 0.0733 e. The van der Waals surface area contributed by atoms with Crippen molar-refractivity contribution in [3.05, 3.63) is 0 Å². The maximum absolute atomic E-state index is 9.05. The third-order valence-electron chi connectivity index (χ3n) is 3.76. The van der Waals surface area contributed by atoms with Crippen LogP contribution in [0, 0.1) is 23.2 Å². The molecule has 2 rings (SSSR count). The van der Waals surface area contributed by atoms with Crippen LogP contribution in [0.25, 0.3) is 0 Å². The molecule has 3 nitrogen and oxygen atoms in total. The summed E-state index contributed by atoms with van der Waals surface area (Å²) < 4.78 is 11.3. The minimum atomic E-state index is 0.133. The molecule has 1 aliphatic heterocycles. The van der Waals surface area contributed by atoms with Crippen LogP contribution >= 0.6 is 0 Å². The molecule has 2 unspecified atom stereocenters. The van der Waals surface area contributed by atoms with E-state index in [-0.39, 0.29) is 12.0 Å². The Kier molecular flexibility index (Phi) is 4.62. The van der Waals surface area contributed by atoms with Crippen molar-refractivity contribution in [3.8, 4) is 6.07 Å². The Bertz CT molecular complexity index is 243. The molecule has 1 saturated carbocycles. The van der Waals surface area contributed by atoms with Gasteiger partial charge in [-0.25, -0.2) is 0 Å². The first kappa shape index (κ1) is 11.9. The summed E-state index contributed by atoms with van der Waals surface area (Å²) in [5, 5.41) is 9.05. The van der Waals surface area contributed by atoms with Gasteiger partial charge in [0.15, 0.2) is 0 Å². The summed E-state index contributed by atoms with van der Waals surface area (Å²) in [5.74, 6) is 0.781. The zero-order valence-electron chi connectivity index (χ0n) is 9.86. The zero-order chi connectivity index (χ0) is 11.2. The summed E-state index contributed by atoms with van der Waals surface area (Å²) >= 11 is 0. The van der Waals surface area contributed by atoms with Gasteiger partial charge in [-0.3, -0.25) is 0 Å². The van der Waals surface area contributed by atoms with E-state index in [1.54, 1.807) is 0 Å². The molecule has 0 radical (unpaired) electrons. The zero-order valence-corrected chi connectivity index (χ0v) is 9.86. The van der Waals surface area contributed by atoms with Gasteiger partial charge in [0.2, 0.25) is 0 Å². The second kappa shape index (κ2) is 6.22. The summed E-state index contributed by atoms with van der Waals surface area (Å²) in [4.78, 5) is 0. The molecule has 0 bridgehead atoms. The van der Waals surface area contributed by atoms with E-state index in [1.807, 2.05) is 0 Å². The second-order valence-corrected chi connectivity index (χ2v) is 4.95. The second-order valence-electron chi connectivity index (χ2n) is 4.95. The molecular weight excluding hydrogens is 202 g/mol. The molecule has 1 saturated heterocycles. The van der Waals surface area contributed by atoms with Crippen molar-refractivity contribution in [2.45, 2.75) is 44.6 Å². The Balaban J connectivity index is 1.73. The third kappa shape index (κ3) is 3.20. The lowest BCUT2D eigenvalue weighted by Gasteiger charge is -2.29. The van der Waals surface area contributed by atoms with E-state index in [9.17, 15) is 0 Å². The van der Waals surface area contributed by atoms with E-state index in [2.05, 4.69) is 6.07 Å². The van der Waals surface area contributed by atoms with Gasteiger partial charge in [-0.2, -0.15) is 5.26 Å². The Morgan fingerprint density at radius 1 is 1.12 bits per heavy atom. The lowest BCUT2D eigenvalue weighted by atomic mass is 9.87. The highest BCUT2D eigenvalue weighted by Gasteiger charge is 2.26. The molecule has 3 heteroatoms. The molecule has 16 heavy (non-hydrogen) atoms. The summed E-state index contributed by atoms with van der Waals surface area (Å²) in [6.07, 6.45) is 6.93. The SMILES string of the molecule is N#CC1CCCCC1OCC1CCOCC1. The number of hydrogen-bond donors (Lipinski definition) is 0. The van der Waals surface area contributed by atoms with Gasteiger partial charge >= 0.3 is 0 Å². The molecule has 0 amide bonds. The van der Waals surface area contributed by atoms with Gasteiger partial charge in [0.1, 0.15) is 0 Å². The molecule has 0 aromatic heterocycles. The molecule has 1 heterocycles. The van der Waals surface area contributed by atoms with Gasteiger partial charge in [0.05, 0.1) is 18.1 Å². The molecule has 0 N–H and O–H groups in total. The van der Waals surface area contributed by atoms with Crippen molar-refractivity contribution < 1.29 is 9.47 Å². The van der Waals surface area contributed by atoms with Crippen LogP contribution in [0.15, 0.2) is 0 Å². The monoisotopic (exact) mass is 223 g/mol. The number of ether oxygens (including phenoxy) is 2. The predicted octanol–water partition coefficient (Wildman–Crippen LogP) is 2.51. The summed E-state index contributed by atoms with van der Waals surface area (Å²) in [6.45, 7) is 2.58. The molecule has 2 atom stereocenters. The molecule has 0 aromatic carbocycles. The quantitative estimate of drug-likeness (QED) is 0.738. The standard InChI is InChI=1S/C13H21NO2/c14-9-12-3-1-2-4-13(12)16-10-11-5-7-15-8-6-11/h11-13H,1-8,10H2. The van der Waals surface area contributed by atoms with Gasteiger partial charge in [-0.1, -0.05) is 12.8 Å². The van der Waals surface area contributed by atoms with E-state index in [4.69, 9.17) is 14.7 Å². The van der Waals surface area contributed by atoms with E-state index in [1.165, 1.54) is 12.8 Å². The van der Waals surface area contributed by atoms with Crippen molar-refractivity contribution in [1.82, 2.24) is 0 Å². The summed E-state index contributed by atoms with van der Waals surface area (Å²) in [7, 11) is 0. The Hall–Kier alpha value is -0.590. The lowest BCUT2D eigenvalue weighted by Crippen LogP contribution is -2.30. The fourth-order valence-electron chi connectivity index (χ4n) is 2.62. The molecule has 2 fully saturated rings. The van der Waals surface area contributed by atoms with E-state index in [0.717, 1.165) is 45.5 Å². The van der Waals surface area contributed by atoms with Crippen LogP contribution < -0.4 is 0 Å².